The van der Waals surface area contributed by atoms with Crippen molar-refractivity contribution in [3.8, 4) is 5.75 Å². The summed E-state index contributed by atoms with van der Waals surface area (Å²) >= 11 is 3.60. The van der Waals surface area contributed by atoms with Crippen molar-refractivity contribution >= 4 is 15.9 Å². The van der Waals surface area contributed by atoms with Gasteiger partial charge in [0, 0.05) is 4.47 Å². The molecule has 0 aliphatic heterocycles. The van der Waals surface area contributed by atoms with Crippen LogP contribution in [0.25, 0.3) is 0 Å². The number of rotatable bonds is 4. The SMILES string of the molecule is CCC1CCC(O)C(Cc2cc(OC)ccc2Br)C1. The normalized spacial score (nSPS) is 27.3. The highest BCUT2D eigenvalue weighted by atomic mass is 79.9. The number of aliphatic hydroxyl groups is 1. The molecule has 0 radical (unpaired) electrons. The molecule has 3 unspecified atom stereocenters. The zero-order valence-corrected chi connectivity index (χ0v) is 13.3. The maximum absolute atomic E-state index is 10.2. The van der Waals surface area contributed by atoms with Gasteiger partial charge < -0.3 is 9.84 Å². The Balaban J connectivity index is 2.10. The summed E-state index contributed by atoms with van der Waals surface area (Å²) in [6, 6.07) is 6.06. The van der Waals surface area contributed by atoms with Crippen LogP contribution in [0.4, 0.5) is 0 Å². The maximum Gasteiger partial charge on any atom is 0.119 e. The largest absolute Gasteiger partial charge is 0.497 e. The Hall–Kier alpha value is -0.540. The molecule has 1 saturated carbocycles. The first kappa shape index (κ1) is 14.9. The number of hydrogen-bond donors (Lipinski definition) is 1. The number of ether oxygens (including phenoxy) is 1. The fourth-order valence-electron chi connectivity index (χ4n) is 3.05. The zero-order chi connectivity index (χ0) is 13.8. The summed E-state index contributed by atoms with van der Waals surface area (Å²) in [7, 11) is 1.69. The van der Waals surface area contributed by atoms with E-state index in [2.05, 4.69) is 28.9 Å². The monoisotopic (exact) mass is 326 g/mol. The molecule has 2 rings (SSSR count). The van der Waals surface area contributed by atoms with Gasteiger partial charge in [0.2, 0.25) is 0 Å². The lowest BCUT2D eigenvalue weighted by atomic mass is 9.76. The molecule has 0 saturated heterocycles. The van der Waals surface area contributed by atoms with Crippen LogP contribution in [0.15, 0.2) is 22.7 Å². The van der Waals surface area contributed by atoms with Crippen LogP contribution >= 0.6 is 15.9 Å². The standard InChI is InChI=1S/C16H23BrO2/c1-3-11-4-7-16(18)13(8-11)9-12-10-14(19-2)5-6-15(12)17/h5-6,10-11,13,16,18H,3-4,7-9H2,1-2H3. The third-order valence-electron chi connectivity index (χ3n) is 4.36. The lowest BCUT2D eigenvalue weighted by Gasteiger charge is -2.33. The van der Waals surface area contributed by atoms with Gasteiger partial charge in [-0.2, -0.15) is 0 Å². The zero-order valence-electron chi connectivity index (χ0n) is 11.7. The molecule has 2 nitrogen and oxygen atoms in total. The second kappa shape index (κ2) is 6.76. The Bertz CT molecular complexity index is 419. The molecule has 1 aromatic rings. The van der Waals surface area contributed by atoms with E-state index in [4.69, 9.17) is 4.74 Å². The van der Waals surface area contributed by atoms with Crippen molar-refractivity contribution in [2.24, 2.45) is 11.8 Å². The average molecular weight is 327 g/mol. The van der Waals surface area contributed by atoms with Crippen LogP contribution in [-0.4, -0.2) is 18.3 Å². The van der Waals surface area contributed by atoms with Crippen molar-refractivity contribution in [3.63, 3.8) is 0 Å². The topological polar surface area (TPSA) is 29.5 Å². The van der Waals surface area contributed by atoms with E-state index in [-0.39, 0.29) is 6.10 Å². The molecule has 19 heavy (non-hydrogen) atoms. The third kappa shape index (κ3) is 3.73. The van der Waals surface area contributed by atoms with Gasteiger partial charge in [-0.25, -0.2) is 0 Å². The van der Waals surface area contributed by atoms with Crippen molar-refractivity contribution < 1.29 is 9.84 Å². The van der Waals surface area contributed by atoms with Gasteiger partial charge in [-0.15, -0.1) is 0 Å². The van der Waals surface area contributed by atoms with E-state index in [1.54, 1.807) is 7.11 Å². The van der Waals surface area contributed by atoms with Crippen LogP contribution in [0.1, 0.15) is 38.2 Å². The van der Waals surface area contributed by atoms with Crippen LogP contribution in [0, 0.1) is 11.8 Å². The van der Waals surface area contributed by atoms with E-state index >= 15 is 0 Å². The number of hydrogen-bond acceptors (Lipinski definition) is 2. The van der Waals surface area contributed by atoms with Crippen LogP contribution in [0.2, 0.25) is 0 Å². The minimum atomic E-state index is -0.152. The molecule has 1 N–H and O–H groups in total. The Morgan fingerprint density at radius 3 is 2.84 bits per heavy atom. The maximum atomic E-state index is 10.2. The molecule has 1 aromatic carbocycles. The summed E-state index contributed by atoms with van der Waals surface area (Å²) in [4.78, 5) is 0. The highest BCUT2D eigenvalue weighted by molar-refractivity contribution is 9.10. The van der Waals surface area contributed by atoms with Gasteiger partial charge in [0.15, 0.2) is 0 Å². The highest BCUT2D eigenvalue weighted by Crippen LogP contribution is 2.35. The molecule has 3 heteroatoms. The number of aliphatic hydroxyl groups excluding tert-OH is 1. The van der Waals surface area contributed by atoms with Gasteiger partial charge in [0.05, 0.1) is 13.2 Å². The van der Waals surface area contributed by atoms with E-state index in [1.807, 2.05) is 12.1 Å². The van der Waals surface area contributed by atoms with Crippen molar-refractivity contribution in [2.75, 3.05) is 7.11 Å². The Labute approximate surface area is 124 Å². The smallest absolute Gasteiger partial charge is 0.119 e. The quantitative estimate of drug-likeness (QED) is 0.899. The van der Waals surface area contributed by atoms with Crippen molar-refractivity contribution in [2.45, 2.75) is 45.1 Å². The molecule has 106 valence electrons. The van der Waals surface area contributed by atoms with E-state index in [0.717, 1.165) is 35.4 Å². The molecule has 0 bridgehead atoms. The number of methoxy groups -OCH3 is 1. The summed E-state index contributed by atoms with van der Waals surface area (Å²) in [5, 5.41) is 10.2. The van der Waals surface area contributed by atoms with E-state index < -0.39 is 0 Å². The van der Waals surface area contributed by atoms with Crippen molar-refractivity contribution in [3.05, 3.63) is 28.2 Å². The van der Waals surface area contributed by atoms with E-state index in [9.17, 15) is 5.11 Å². The Kier molecular flexibility index (Phi) is 5.28. The Morgan fingerprint density at radius 2 is 2.16 bits per heavy atom. The first-order valence-electron chi connectivity index (χ1n) is 7.14. The van der Waals surface area contributed by atoms with Gasteiger partial charge in [-0.3, -0.25) is 0 Å². The summed E-state index contributed by atoms with van der Waals surface area (Å²) in [5.41, 5.74) is 1.24. The van der Waals surface area contributed by atoms with Crippen molar-refractivity contribution in [1.82, 2.24) is 0 Å². The van der Waals surface area contributed by atoms with Crippen LogP contribution in [-0.2, 0) is 6.42 Å². The summed E-state index contributed by atoms with van der Waals surface area (Å²) in [5.74, 6) is 2.04. The molecule has 1 fully saturated rings. The lowest BCUT2D eigenvalue weighted by molar-refractivity contribution is 0.0474. The average Bonchev–Trinajstić information content (AvgIpc) is 2.43. The molecule has 0 aromatic heterocycles. The van der Waals surface area contributed by atoms with Gasteiger partial charge in [-0.05, 0) is 61.3 Å². The summed E-state index contributed by atoms with van der Waals surface area (Å²) < 4.78 is 6.40. The Morgan fingerprint density at radius 1 is 1.37 bits per heavy atom. The molecule has 1 aliphatic carbocycles. The summed E-state index contributed by atoms with van der Waals surface area (Å²) in [6.45, 7) is 2.25. The molecule has 1 aliphatic rings. The van der Waals surface area contributed by atoms with Gasteiger partial charge in [0.25, 0.3) is 0 Å². The van der Waals surface area contributed by atoms with E-state index in [1.165, 1.54) is 18.4 Å². The molecular weight excluding hydrogens is 304 g/mol. The van der Waals surface area contributed by atoms with Crippen molar-refractivity contribution in [1.29, 1.82) is 0 Å². The molecule has 0 spiro atoms. The molecule has 0 amide bonds. The predicted molar refractivity (Wildman–Crippen MR) is 81.5 cm³/mol. The first-order valence-corrected chi connectivity index (χ1v) is 7.93. The minimum Gasteiger partial charge on any atom is -0.497 e. The summed E-state index contributed by atoms with van der Waals surface area (Å²) in [6.07, 6.45) is 5.26. The van der Waals surface area contributed by atoms with Gasteiger partial charge in [0.1, 0.15) is 5.75 Å². The number of benzene rings is 1. The number of halogens is 1. The van der Waals surface area contributed by atoms with Crippen LogP contribution in [0.3, 0.4) is 0 Å². The molecular formula is C16H23BrO2. The molecule has 0 heterocycles. The fraction of sp³-hybridized carbons (Fsp3) is 0.625. The van der Waals surface area contributed by atoms with Gasteiger partial charge in [-0.1, -0.05) is 29.3 Å². The minimum absolute atomic E-state index is 0.152. The second-order valence-corrected chi connectivity index (χ2v) is 6.43. The highest BCUT2D eigenvalue weighted by Gasteiger charge is 2.28. The second-order valence-electron chi connectivity index (χ2n) is 5.58. The van der Waals surface area contributed by atoms with Crippen LogP contribution in [0.5, 0.6) is 5.75 Å². The van der Waals surface area contributed by atoms with E-state index in [0.29, 0.717) is 5.92 Å². The van der Waals surface area contributed by atoms with Crippen LogP contribution < -0.4 is 4.74 Å². The predicted octanol–water partition coefficient (Wildman–Crippen LogP) is 4.19. The lowest BCUT2D eigenvalue weighted by Crippen LogP contribution is -2.30. The van der Waals surface area contributed by atoms with Gasteiger partial charge >= 0.3 is 0 Å². The first-order chi connectivity index (χ1) is 9.13. The third-order valence-corrected chi connectivity index (χ3v) is 5.14. The fourth-order valence-corrected chi connectivity index (χ4v) is 3.46. The molecule has 3 atom stereocenters.